The van der Waals surface area contributed by atoms with Crippen molar-refractivity contribution < 1.29 is 14.4 Å². The molecule has 5 nitrogen and oxygen atoms in total. The number of rotatable bonds is 5. The topological polar surface area (TPSA) is 57.7 Å². The third-order valence-electron chi connectivity index (χ3n) is 4.93. The van der Waals surface area contributed by atoms with Crippen LogP contribution >= 0.6 is 22.9 Å². The molecule has 1 aliphatic heterocycles. The van der Waals surface area contributed by atoms with E-state index in [4.69, 9.17) is 11.6 Å². The maximum atomic E-state index is 12.4. The van der Waals surface area contributed by atoms with Crippen LogP contribution in [0.15, 0.2) is 12.1 Å². The summed E-state index contributed by atoms with van der Waals surface area (Å²) < 4.78 is 0.696. The zero-order valence-electron chi connectivity index (χ0n) is 13.7. The van der Waals surface area contributed by atoms with Crippen LogP contribution in [0, 0.1) is 11.8 Å². The Kier molecular flexibility index (Phi) is 5.25. The molecule has 3 rings (SSSR count). The van der Waals surface area contributed by atoms with Gasteiger partial charge in [0.25, 0.3) is 0 Å². The molecule has 1 saturated heterocycles. The summed E-state index contributed by atoms with van der Waals surface area (Å²) in [5, 5.41) is 0. The summed E-state index contributed by atoms with van der Waals surface area (Å²) in [7, 11) is 1.73. The third-order valence-corrected chi connectivity index (χ3v) is 6.15. The lowest BCUT2D eigenvalue weighted by Crippen LogP contribution is -2.35. The highest BCUT2D eigenvalue weighted by Crippen LogP contribution is 2.38. The van der Waals surface area contributed by atoms with E-state index in [1.165, 1.54) is 16.2 Å². The second-order valence-electron chi connectivity index (χ2n) is 6.53. The van der Waals surface area contributed by atoms with Crippen molar-refractivity contribution in [3.05, 3.63) is 21.3 Å². The molecule has 2 aliphatic rings. The van der Waals surface area contributed by atoms with E-state index in [1.807, 2.05) is 12.1 Å². The molecule has 0 aromatic carbocycles. The number of amides is 3. The van der Waals surface area contributed by atoms with Crippen molar-refractivity contribution >= 4 is 40.7 Å². The summed E-state index contributed by atoms with van der Waals surface area (Å²) in [5.74, 6) is -0.523. The molecule has 0 N–H and O–H groups in total. The van der Waals surface area contributed by atoms with Gasteiger partial charge in [0.05, 0.1) is 22.7 Å². The minimum Gasteiger partial charge on any atom is -0.341 e. The monoisotopic (exact) mass is 368 g/mol. The van der Waals surface area contributed by atoms with Crippen LogP contribution in [0.3, 0.4) is 0 Å². The lowest BCUT2D eigenvalue weighted by Gasteiger charge is -2.19. The molecule has 2 atom stereocenters. The molecule has 0 spiro atoms. The molecule has 7 heteroatoms. The van der Waals surface area contributed by atoms with Crippen molar-refractivity contribution in [2.75, 3.05) is 13.6 Å². The van der Waals surface area contributed by atoms with Crippen LogP contribution in [0.1, 0.15) is 37.0 Å². The summed E-state index contributed by atoms with van der Waals surface area (Å²) in [5.41, 5.74) is 0. The summed E-state index contributed by atoms with van der Waals surface area (Å²) in [6.45, 7) is 0.683. The Morgan fingerprint density at radius 2 is 1.88 bits per heavy atom. The fraction of sp³-hybridized carbons (Fsp3) is 0.588. The van der Waals surface area contributed by atoms with Gasteiger partial charge in [-0.25, -0.2) is 0 Å². The molecule has 130 valence electrons. The first kappa shape index (κ1) is 17.4. The van der Waals surface area contributed by atoms with E-state index in [0.29, 0.717) is 10.9 Å². The zero-order valence-corrected chi connectivity index (χ0v) is 15.2. The average molecular weight is 369 g/mol. The number of nitrogens with zero attached hydrogens (tertiary/aromatic N) is 2. The number of halogens is 1. The van der Waals surface area contributed by atoms with Crippen molar-refractivity contribution in [3.63, 3.8) is 0 Å². The van der Waals surface area contributed by atoms with E-state index in [0.717, 1.165) is 30.6 Å². The highest BCUT2D eigenvalue weighted by molar-refractivity contribution is 7.16. The molecule has 24 heavy (non-hydrogen) atoms. The third kappa shape index (κ3) is 3.49. The van der Waals surface area contributed by atoms with Gasteiger partial charge in [0.1, 0.15) is 0 Å². The standard InChI is InChI=1S/C17H21ClN2O3S/c1-19(10-11-6-7-14(18)24-11)15(21)8-9-20-16(22)12-4-2-3-5-13(12)17(20)23/h6-7,12-13H,2-5,8-10H2,1H3. The molecular formula is C17H21ClN2O3S. The number of carbonyl (C=O) groups is 3. The molecule has 1 aliphatic carbocycles. The lowest BCUT2D eigenvalue weighted by atomic mass is 9.81. The van der Waals surface area contributed by atoms with Gasteiger partial charge >= 0.3 is 0 Å². The second-order valence-corrected chi connectivity index (χ2v) is 8.33. The average Bonchev–Trinajstić information content (AvgIpc) is 3.08. The van der Waals surface area contributed by atoms with E-state index >= 15 is 0 Å². The normalized spacial score (nSPS) is 23.5. The smallest absolute Gasteiger partial charge is 0.233 e. The lowest BCUT2D eigenvalue weighted by molar-refractivity contribution is -0.140. The number of carbonyl (C=O) groups excluding carboxylic acids is 3. The predicted molar refractivity (Wildman–Crippen MR) is 92.6 cm³/mol. The number of hydrogen-bond donors (Lipinski definition) is 0. The number of hydrogen-bond acceptors (Lipinski definition) is 4. The van der Waals surface area contributed by atoms with E-state index in [-0.39, 0.29) is 42.5 Å². The Morgan fingerprint density at radius 1 is 1.25 bits per heavy atom. The first-order valence-corrected chi connectivity index (χ1v) is 9.50. The molecule has 3 amide bonds. The van der Waals surface area contributed by atoms with Crippen molar-refractivity contribution in [2.24, 2.45) is 11.8 Å². The SMILES string of the molecule is CN(Cc1ccc(Cl)s1)C(=O)CCN1C(=O)C2CCCCC2C1=O. The van der Waals surface area contributed by atoms with Gasteiger partial charge in [-0.1, -0.05) is 24.4 Å². The predicted octanol–water partition coefficient (Wildman–Crippen LogP) is 2.93. The van der Waals surface area contributed by atoms with Crippen LogP contribution < -0.4 is 0 Å². The number of fused-ring (bicyclic) bond motifs is 1. The number of imide groups is 1. The minimum absolute atomic E-state index is 0.0741. The van der Waals surface area contributed by atoms with Crippen molar-refractivity contribution in [2.45, 2.75) is 38.6 Å². The highest BCUT2D eigenvalue weighted by atomic mass is 35.5. The van der Waals surface area contributed by atoms with Gasteiger partial charge in [-0.3, -0.25) is 19.3 Å². The largest absolute Gasteiger partial charge is 0.341 e. The van der Waals surface area contributed by atoms with E-state index in [2.05, 4.69) is 0 Å². The van der Waals surface area contributed by atoms with E-state index < -0.39 is 0 Å². The summed E-state index contributed by atoms with van der Waals surface area (Å²) in [6, 6.07) is 3.71. The summed E-state index contributed by atoms with van der Waals surface area (Å²) in [6.07, 6.45) is 3.81. The zero-order chi connectivity index (χ0) is 17.3. The highest BCUT2D eigenvalue weighted by Gasteiger charge is 2.47. The van der Waals surface area contributed by atoms with Crippen LogP contribution in [0.2, 0.25) is 4.34 Å². The minimum atomic E-state index is -0.146. The Labute approximate surface area is 150 Å². The molecule has 2 fully saturated rings. The van der Waals surface area contributed by atoms with Gasteiger partial charge in [-0.2, -0.15) is 0 Å². The van der Waals surface area contributed by atoms with E-state index in [1.54, 1.807) is 11.9 Å². The quantitative estimate of drug-likeness (QED) is 0.751. The van der Waals surface area contributed by atoms with Crippen LogP contribution in [0.5, 0.6) is 0 Å². The van der Waals surface area contributed by atoms with Crippen LogP contribution in [0.4, 0.5) is 0 Å². The Morgan fingerprint density at radius 3 is 2.42 bits per heavy atom. The molecule has 1 aromatic heterocycles. The first-order chi connectivity index (χ1) is 11.5. The molecular weight excluding hydrogens is 348 g/mol. The maximum absolute atomic E-state index is 12.4. The fourth-order valence-electron chi connectivity index (χ4n) is 3.61. The van der Waals surface area contributed by atoms with Gasteiger partial charge in [-0.15, -0.1) is 11.3 Å². The van der Waals surface area contributed by atoms with Crippen molar-refractivity contribution in [3.8, 4) is 0 Å². The van der Waals surface area contributed by atoms with Crippen LogP contribution in [0.25, 0.3) is 0 Å². The van der Waals surface area contributed by atoms with E-state index in [9.17, 15) is 14.4 Å². The molecule has 0 bridgehead atoms. The van der Waals surface area contributed by atoms with Crippen LogP contribution in [-0.2, 0) is 20.9 Å². The van der Waals surface area contributed by atoms with Crippen molar-refractivity contribution in [1.82, 2.24) is 9.80 Å². The van der Waals surface area contributed by atoms with Gasteiger partial charge in [0, 0.05) is 24.9 Å². The Hall–Kier alpha value is -1.40. The molecule has 2 heterocycles. The number of likely N-dealkylation sites (tertiary alicyclic amines) is 1. The molecule has 0 radical (unpaired) electrons. The molecule has 1 aromatic rings. The first-order valence-electron chi connectivity index (χ1n) is 8.31. The van der Waals surface area contributed by atoms with Gasteiger partial charge < -0.3 is 4.90 Å². The van der Waals surface area contributed by atoms with Crippen LogP contribution in [-0.4, -0.2) is 41.1 Å². The summed E-state index contributed by atoms with van der Waals surface area (Å²) >= 11 is 7.34. The van der Waals surface area contributed by atoms with Gasteiger partial charge in [0.2, 0.25) is 17.7 Å². The summed E-state index contributed by atoms with van der Waals surface area (Å²) in [4.78, 5) is 41.0. The second kappa shape index (κ2) is 7.23. The Balaban J connectivity index is 1.54. The maximum Gasteiger partial charge on any atom is 0.233 e. The molecule has 1 saturated carbocycles. The molecule has 2 unspecified atom stereocenters. The Bertz CT molecular complexity index is 636. The number of thiophene rings is 1. The van der Waals surface area contributed by atoms with Gasteiger partial charge in [-0.05, 0) is 25.0 Å². The van der Waals surface area contributed by atoms with Gasteiger partial charge in [0.15, 0.2) is 0 Å². The van der Waals surface area contributed by atoms with Crippen molar-refractivity contribution in [1.29, 1.82) is 0 Å². The fourth-order valence-corrected chi connectivity index (χ4v) is 4.75.